The van der Waals surface area contributed by atoms with Crippen LogP contribution in [-0.4, -0.2) is 42.8 Å². The molecule has 1 aromatic rings. The molecule has 0 aliphatic rings. The van der Waals surface area contributed by atoms with E-state index in [9.17, 15) is 4.79 Å². The standard InChI is InChI=1S/C16H27N3O3/c1-7-22-14(20)12-11(2)18-15(16(3,4)5)19-13(12)17-9-8-10-21-6/h7-10H2,1-6H3,(H,17,18,19). The second-order valence-corrected chi connectivity index (χ2v) is 6.10. The van der Waals surface area contributed by atoms with E-state index in [1.165, 1.54) is 0 Å². The van der Waals surface area contributed by atoms with Crippen LogP contribution in [0.4, 0.5) is 5.82 Å². The van der Waals surface area contributed by atoms with Crippen molar-refractivity contribution in [2.45, 2.75) is 46.5 Å². The largest absolute Gasteiger partial charge is 0.462 e. The number of methoxy groups -OCH3 is 1. The predicted octanol–water partition coefficient (Wildman–Crippen LogP) is 2.71. The van der Waals surface area contributed by atoms with Crippen LogP contribution in [0.3, 0.4) is 0 Å². The average molecular weight is 309 g/mol. The molecular formula is C16H27N3O3. The molecule has 0 spiro atoms. The molecule has 0 saturated carbocycles. The molecule has 1 rings (SSSR count). The number of carbonyl (C=O) groups is 1. The average Bonchev–Trinajstić information content (AvgIpc) is 2.42. The van der Waals surface area contributed by atoms with Crippen molar-refractivity contribution in [1.29, 1.82) is 0 Å². The summed E-state index contributed by atoms with van der Waals surface area (Å²) in [6.45, 7) is 11.4. The van der Waals surface area contributed by atoms with Crippen molar-refractivity contribution < 1.29 is 14.3 Å². The van der Waals surface area contributed by atoms with Gasteiger partial charge in [-0.05, 0) is 20.3 Å². The van der Waals surface area contributed by atoms with Crippen molar-refractivity contribution in [3.05, 3.63) is 17.1 Å². The molecule has 0 fully saturated rings. The van der Waals surface area contributed by atoms with Crippen LogP contribution in [-0.2, 0) is 14.9 Å². The Hall–Kier alpha value is -1.69. The van der Waals surface area contributed by atoms with Gasteiger partial charge in [-0.2, -0.15) is 0 Å². The van der Waals surface area contributed by atoms with Crippen molar-refractivity contribution in [3.8, 4) is 0 Å². The highest BCUT2D eigenvalue weighted by Crippen LogP contribution is 2.24. The first kappa shape index (κ1) is 18.4. The van der Waals surface area contributed by atoms with Crippen molar-refractivity contribution in [2.75, 3.05) is 32.2 Å². The molecule has 1 aromatic heterocycles. The maximum Gasteiger partial charge on any atom is 0.343 e. The van der Waals surface area contributed by atoms with Gasteiger partial charge in [0.1, 0.15) is 17.2 Å². The van der Waals surface area contributed by atoms with Crippen LogP contribution < -0.4 is 5.32 Å². The zero-order valence-corrected chi connectivity index (χ0v) is 14.4. The molecule has 22 heavy (non-hydrogen) atoms. The number of ether oxygens (including phenoxy) is 2. The molecule has 1 N–H and O–H groups in total. The van der Waals surface area contributed by atoms with Gasteiger partial charge in [-0.15, -0.1) is 0 Å². The molecule has 6 nitrogen and oxygen atoms in total. The predicted molar refractivity (Wildman–Crippen MR) is 86.4 cm³/mol. The first-order valence-electron chi connectivity index (χ1n) is 7.60. The van der Waals surface area contributed by atoms with Crippen molar-refractivity contribution >= 4 is 11.8 Å². The third kappa shape index (κ3) is 4.94. The quantitative estimate of drug-likeness (QED) is 0.616. The van der Waals surface area contributed by atoms with Crippen molar-refractivity contribution in [2.24, 2.45) is 0 Å². The molecule has 0 saturated heterocycles. The van der Waals surface area contributed by atoms with Gasteiger partial charge in [-0.3, -0.25) is 0 Å². The van der Waals surface area contributed by atoms with Crippen LogP contribution in [0.2, 0.25) is 0 Å². The van der Waals surface area contributed by atoms with E-state index in [0.717, 1.165) is 6.42 Å². The molecule has 124 valence electrons. The zero-order valence-electron chi connectivity index (χ0n) is 14.4. The third-order valence-corrected chi connectivity index (χ3v) is 3.06. The Bertz CT molecular complexity index is 510. The molecule has 0 unspecified atom stereocenters. The van der Waals surface area contributed by atoms with E-state index in [1.54, 1.807) is 14.0 Å². The number of carbonyl (C=O) groups excluding carboxylic acids is 1. The maximum absolute atomic E-state index is 12.2. The maximum atomic E-state index is 12.2. The Labute approximate surface area is 132 Å². The Balaban J connectivity index is 3.14. The molecule has 0 bridgehead atoms. The molecule has 1 heterocycles. The third-order valence-electron chi connectivity index (χ3n) is 3.06. The Kier molecular flexibility index (Phi) is 6.74. The SMILES string of the molecule is CCOC(=O)c1c(C)nc(C(C)(C)C)nc1NCCCOC. The van der Waals surface area contributed by atoms with Gasteiger partial charge in [0.25, 0.3) is 0 Å². The summed E-state index contributed by atoms with van der Waals surface area (Å²) in [4.78, 5) is 21.2. The lowest BCUT2D eigenvalue weighted by atomic mass is 9.95. The minimum absolute atomic E-state index is 0.194. The number of nitrogens with zero attached hydrogens (tertiary/aromatic N) is 2. The molecular weight excluding hydrogens is 282 g/mol. The van der Waals surface area contributed by atoms with E-state index in [2.05, 4.69) is 15.3 Å². The fourth-order valence-electron chi connectivity index (χ4n) is 1.91. The summed E-state index contributed by atoms with van der Waals surface area (Å²) in [7, 11) is 1.66. The van der Waals surface area contributed by atoms with Gasteiger partial charge in [-0.1, -0.05) is 20.8 Å². The summed E-state index contributed by atoms with van der Waals surface area (Å²) in [6.07, 6.45) is 0.826. The lowest BCUT2D eigenvalue weighted by Gasteiger charge is -2.20. The van der Waals surface area contributed by atoms with Crippen LogP contribution in [0.15, 0.2) is 0 Å². The first-order valence-corrected chi connectivity index (χ1v) is 7.60. The lowest BCUT2D eigenvalue weighted by Crippen LogP contribution is -2.22. The second-order valence-electron chi connectivity index (χ2n) is 6.10. The Morgan fingerprint density at radius 3 is 2.50 bits per heavy atom. The van der Waals surface area contributed by atoms with Gasteiger partial charge in [0.05, 0.1) is 12.3 Å². The van der Waals surface area contributed by atoms with Gasteiger partial charge < -0.3 is 14.8 Å². The van der Waals surface area contributed by atoms with Crippen LogP contribution in [0.1, 0.15) is 56.0 Å². The van der Waals surface area contributed by atoms with E-state index >= 15 is 0 Å². The van der Waals surface area contributed by atoms with E-state index < -0.39 is 5.97 Å². The highest BCUT2D eigenvalue weighted by molar-refractivity contribution is 5.95. The minimum Gasteiger partial charge on any atom is -0.462 e. The normalized spacial score (nSPS) is 11.4. The number of aryl methyl sites for hydroxylation is 1. The second kappa shape index (κ2) is 8.08. The monoisotopic (exact) mass is 309 g/mol. The minimum atomic E-state index is -0.394. The molecule has 0 radical (unpaired) electrons. The smallest absolute Gasteiger partial charge is 0.343 e. The Morgan fingerprint density at radius 1 is 1.27 bits per heavy atom. The highest BCUT2D eigenvalue weighted by atomic mass is 16.5. The van der Waals surface area contributed by atoms with Gasteiger partial charge in [-0.25, -0.2) is 14.8 Å². The fraction of sp³-hybridized carbons (Fsp3) is 0.688. The molecule has 0 atom stereocenters. The van der Waals surface area contributed by atoms with Crippen LogP contribution >= 0.6 is 0 Å². The summed E-state index contributed by atoms with van der Waals surface area (Å²) >= 11 is 0. The van der Waals surface area contributed by atoms with Crippen molar-refractivity contribution in [3.63, 3.8) is 0 Å². The lowest BCUT2D eigenvalue weighted by molar-refractivity contribution is 0.0525. The van der Waals surface area contributed by atoms with E-state index in [1.807, 2.05) is 27.7 Å². The van der Waals surface area contributed by atoms with Gasteiger partial charge in [0.15, 0.2) is 0 Å². The molecule has 0 aliphatic carbocycles. The molecule has 0 aliphatic heterocycles. The number of rotatable bonds is 7. The van der Waals surface area contributed by atoms with Crippen LogP contribution in [0.25, 0.3) is 0 Å². The number of esters is 1. The summed E-state index contributed by atoms with van der Waals surface area (Å²) in [5.41, 5.74) is 0.848. The Morgan fingerprint density at radius 2 is 1.95 bits per heavy atom. The molecule has 0 amide bonds. The number of nitrogens with one attached hydrogen (secondary N) is 1. The van der Waals surface area contributed by atoms with Crippen LogP contribution in [0.5, 0.6) is 0 Å². The number of aromatic nitrogens is 2. The van der Waals surface area contributed by atoms with E-state index in [-0.39, 0.29) is 5.41 Å². The first-order chi connectivity index (χ1) is 10.3. The topological polar surface area (TPSA) is 73.3 Å². The number of anilines is 1. The van der Waals surface area contributed by atoms with E-state index in [0.29, 0.717) is 42.7 Å². The zero-order chi connectivity index (χ0) is 16.8. The summed E-state index contributed by atoms with van der Waals surface area (Å²) in [5.74, 6) is 0.842. The molecule has 6 heteroatoms. The van der Waals surface area contributed by atoms with Crippen LogP contribution in [0, 0.1) is 6.92 Å². The van der Waals surface area contributed by atoms with Gasteiger partial charge in [0.2, 0.25) is 0 Å². The van der Waals surface area contributed by atoms with E-state index in [4.69, 9.17) is 9.47 Å². The number of hydrogen-bond donors (Lipinski definition) is 1. The van der Waals surface area contributed by atoms with Gasteiger partial charge >= 0.3 is 5.97 Å². The summed E-state index contributed by atoms with van der Waals surface area (Å²) in [5, 5.41) is 3.21. The highest BCUT2D eigenvalue weighted by Gasteiger charge is 2.24. The van der Waals surface area contributed by atoms with Crippen molar-refractivity contribution in [1.82, 2.24) is 9.97 Å². The summed E-state index contributed by atoms with van der Waals surface area (Å²) < 4.78 is 10.2. The summed E-state index contributed by atoms with van der Waals surface area (Å²) in [6, 6.07) is 0. The van der Waals surface area contributed by atoms with Gasteiger partial charge in [0, 0.05) is 25.7 Å². The molecule has 0 aromatic carbocycles. The number of hydrogen-bond acceptors (Lipinski definition) is 6. The fourth-order valence-corrected chi connectivity index (χ4v) is 1.91.